The van der Waals surface area contributed by atoms with Crippen LogP contribution in [0.25, 0.3) is 0 Å². The number of anilines is 2. The van der Waals surface area contributed by atoms with Gasteiger partial charge in [-0.15, -0.1) is 11.8 Å². The van der Waals surface area contributed by atoms with Crippen molar-refractivity contribution < 1.29 is 17.6 Å². The second-order valence-electron chi connectivity index (χ2n) is 8.02. The van der Waals surface area contributed by atoms with Gasteiger partial charge in [-0.1, -0.05) is 19.1 Å². The molecular weight excluding hydrogens is 451 g/mol. The van der Waals surface area contributed by atoms with E-state index in [4.69, 9.17) is 0 Å². The number of carbonyl (C=O) groups excluding carboxylic acids is 1. The van der Waals surface area contributed by atoms with Gasteiger partial charge in [-0.25, -0.2) is 17.5 Å². The zero-order valence-electron chi connectivity index (χ0n) is 17.9. The Morgan fingerprint density at radius 2 is 1.91 bits per heavy atom. The van der Waals surface area contributed by atoms with E-state index in [1.54, 1.807) is 36.0 Å². The number of nitrogens with zero attached hydrogens (tertiary/aromatic N) is 2. The fourth-order valence-electron chi connectivity index (χ4n) is 3.94. The molecule has 2 heterocycles. The number of benzene rings is 2. The molecule has 1 amide bonds. The van der Waals surface area contributed by atoms with Gasteiger partial charge < -0.3 is 10.2 Å². The van der Waals surface area contributed by atoms with E-state index in [-0.39, 0.29) is 28.4 Å². The summed E-state index contributed by atoms with van der Waals surface area (Å²) in [5.41, 5.74) is 1.15. The van der Waals surface area contributed by atoms with Gasteiger partial charge in [0.2, 0.25) is 15.9 Å². The van der Waals surface area contributed by atoms with Crippen LogP contribution < -0.4 is 14.9 Å². The molecule has 7 nitrogen and oxygen atoms in total. The molecule has 10 heteroatoms. The van der Waals surface area contributed by atoms with Crippen LogP contribution in [0.1, 0.15) is 13.3 Å². The Labute approximate surface area is 192 Å². The van der Waals surface area contributed by atoms with Crippen molar-refractivity contribution >= 4 is 39.1 Å². The molecule has 172 valence electrons. The number of hydrogen-bond acceptors (Lipinski definition) is 6. The SMILES string of the molecule is CC1CC(=O)Nc2cc(S(=O)(=O)NCCN3CCN(c4ccccc4F)CC3)ccc2S1. The molecule has 0 aromatic heterocycles. The summed E-state index contributed by atoms with van der Waals surface area (Å²) in [6.07, 6.45) is 0.393. The number of amides is 1. The quantitative estimate of drug-likeness (QED) is 0.665. The Morgan fingerprint density at radius 3 is 2.66 bits per heavy atom. The van der Waals surface area contributed by atoms with E-state index in [1.807, 2.05) is 17.9 Å². The van der Waals surface area contributed by atoms with Gasteiger partial charge in [-0.3, -0.25) is 9.69 Å². The van der Waals surface area contributed by atoms with E-state index in [0.29, 0.717) is 37.4 Å². The zero-order valence-corrected chi connectivity index (χ0v) is 19.5. The molecule has 2 aromatic rings. The smallest absolute Gasteiger partial charge is 0.240 e. The maximum atomic E-state index is 14.0. The lowest BCUT2D eigenvalue weighted by Gasteiger charge is -2.36. The maximum absolute atomic E-state index is 14.0. The molecule has 4 rings (SSSR count). The zero-order chi connectivity index (χ0) is 22.7. The summed E-state index contributed by atoms with van der Waals surface area (Å²) >= 11 is 1.56. The Balaban J connectivity index is 1.31. The second-order valence-corrected chi connectivity index (χ2v) is 11.3. The van der Waals surface area contributed by atoms with E-state index in [0.717, 1.165) is 18.0 Å². The Morgan fingerprint density at radius 1 is 1.16 bits per heavy atom. The van der Waals surface area contributed by atoms with Gasteiger partial charge in [0.25, 0.3) is 0 Å². The number of para-hydroxylation sites is 1. The second kappa shape index (κ2) is 9.78. The topological polar surface area (TPSA) is 81.7 Å². The van der Waals surface area contributed by atoms with E-state index < -0.39 is 10.0 Å². The number of nitrogens with one attached hydrogen (secondary N) is 2. The predicted octanol–water partition coefficient (Wildman–Crippen LogP) is 2.75. The average molecular weight is 479 g/mol. The molecule has 2 aromatic carbocycles. The summed E-state index contributed by atoms with van der Waals surface area (Å²) in [4.78, 5) is 17.2. The molecular formula is C22H27FN4O3S2. The van der Waals surface area contributed by atoms with E-state index >= 15 is 0 Å². The number of fused-ring (bicyclic) bond motifs is 1. The van der Waals surface area contributed by atoms with Crippen molar-refractivity contribution in [3.05, 3.63) is 48.3 Å². The first-order valence-corrected chi connectivity index (χ1v) is 13.0. The molecule has 1 unspecified atom stereocenters. The minimum absolute atomic E-state index is 0.110. The Bertz CT molecular complexity index is 1090. The molecule has 0 saturated carbocycles. The monoisotopic (exact) mass is 478 g/mol. The first-order valence-electron chi connectivity index (χ1n) is 10.6. The molecule has 1 saturated heterocycles. The van der Waals surface area contributed by atoms with Crippen LogP contribution in [0.3, 0.4) is 0 Å². The van der Waals surface area contributed by atoms with Crippen molar-refractivity contribution in [2.45, 2.75) is 28.4 Å². The number of thioether (sulfide) groups is 1. The highest BCUT2D eigenvalue weighted by Crippen LogP contribution is 2.36. The number of carbonyl (C=O) groups is 1. The van der Waals surface area contributed by atoms with Gasteiger partial charge in [0.15, 0.2) is 0 Å². The highest BCUT2D eigenvalue weighted by molar-refractivity contribution is 8.00. The van der Waals surface area contributed by atoms with Crippen LogP contribution in [-0.2, 0) is 14.8 Å². The number of sulfonamides is 1. The Kier molecular flexibility index (Phi) is 7.04. The van der Waals surface area contributed by atoms with E-state index in [1.165, 1.54) is 12.1 Å². The van der Waals surface area contributed by atoms with Gasteiger partial charge in [-0.05, 0) is 30.3 Å². The van der Waals surface area contributed by atoms with Crippen molar-refractivity contribution in [2.24, 2.45) is 0 Å². The van der Waals surface area contributed by atoms with Gasteiger partial charge in [-0.2, -0.15) is 0 Å². The highest BCUT2D eigenvalue weighted by atomic mass is 32.2. The van der Waals surface area contributed by atoms with Crippen LogP contribution in [0, 0.1) is 5.82 Å². The Hall–Kier alpha value is -2.14. The van der Waals surface area contributed by atoms with Crippen molar-refractivity contribution in [3.8, 4) is 0 Å². The predicted molar refractivity (Wildman–Crippen MR) is 125 cm³/mol. The van der Waals surface area contributed by atoms with Crippen LogP contribution >= 0.6 is 11.8 Å². The lowest BCUT2D eigenvalue weighted by Crippen LogP contribution is -2.48. The highest BCUT2D eigenvalue weighted by Gasteiger charge is 2.23. The molecule has 0 bridgehead atoms. The van der Waals surface area contributed by atoms with Crippen LogP contribution in [0.15, 0.2) is 52.3 Å². The number of halogens is 1. The largest absolute Gasteiger partial charge is 0.367 e. The average Bonchev–Trinajstić information content (AvgIpc) is 2.90. The molecule has 2 N–H and O–H groups in total. The summed E-state index contributed by atoms with van der Waals surface area (Å²) < 4.78 is 42.2. The third-order valence-corrected chi connectivity index (χ3v) is 8.26. The number of hydrogen-bond donors (Lipinski definition) is 2. The van der Waals surface area contributed by atoms with Crippen molar-refractivity contribution in [1.82, 2.24) is 9.62 Å². The van der Waals surface area contributed by atoms with Gasteiger partial charge in [0.05, 0.1) is 16.3 Å². The molecule has 32 heavy (non-hydrogen) atoms. The van der Waals surface area contributed by atoms with E-state index in [2.05, 4.69) is 14.9 Å². The van der Waals surface area contributed by atoms with Crippen LogP contribution in [-0.4, -0.2) is 63.7 Å². The molecule has 0 aliphatic carbocycles. The third kappa shape index (κ3) is 5.43. The van der Waals surface area contributed by atoms with Crippen molar-refractivity contribution in [2.75, 3.05) is 49.5 Å². The minimum atomic E-state index is -3.69. The summed E-state index contributed by atoms with van der Waals surface area (Å²) in [5.74, 6) is -0.334. The molecule has 2 aliphatic heterocycles. The first kappa shape index (κ1) is 23.0. The number of rotatable bonds is 6. The van der Waals surface area contributed by atoms with Gasteiger partial charge in [0, 0.05) is 55.8 Å². The molecule has 1 fully saturated rings. The molecule has 2 aliphatic rings. The van der Waals surface area contributed by atoms with Crippen molar-refractivity contribution in [3.63, 3.8) is 0 Å². The van der Waals surface area contributed by atoms with E-state index in [9.17, 15) is 17.6 Å². The molecule has 0 spiro atoms. The van der Waals surface area contributed by atoms with Gasteiger partial charge in [0.1, 0.15) is 5.82 Å². The minimum Gasteiger partial charge on any atom is -0.367 e. The van der Waals surface area contributed by atoms with Crippen LogP contribution in [0.2, 0.25) is 0 Å². The molecule has 0 radical (unpaired) electrons. The lowest BCUT2D eigenvalue weighted by atomic mass is 10.2. The van der Waals surface area contributed by atoms with Gasteiger partial charge >= 0.3 is 0 Å². The fraction of sp³-hybridized carbons (Fsp3) is 0.409. The summed E-state index contributed by atoms with van der Waals surface area (Å²) in [5, 5.41) is 2.94. The third-order valence-electron chi connectivity index (χ3n) is 5.62. The summed E-state index contributed by atoms with van der Waals surface area (Å²) in [6.45, 7) is 5.66. The fourth-order valence-corrected chi connectivity index (χ4v) is 6.04. The van der Waals surface area contributed by atoms with Crippen molar-refractivity contribution in [1.29, 1.82) is 0 Å². The maximum Gasteiger partial charge on any atom is 0.240 e. The normalized spacial score (nSPS) is 19.9. The van der Waals surface area contributed by atoms with Crippen LogP contribution in [0.5, 0.6) is 0 Å². The summed E-state index contributed by atoms with van der Waals surface area (Å²) in [6, 6.07) is 11.6. The standard InChI is InChI=1S/C22H27FN4O3S2/c1-16-14-22(28)25-19-15-17(6-7-21(19)31-16)32(29,30)24-8-9-26-10-12-27(13-11-26)20-5-3-2-4-18(20)23/h2-7,15-16,24H,8-14H2,1H3,(H,25,28). The molecule has 1 atom stereocenters. The first-order chi connectivity index (χ1) is 15.3. The summed E-state index contributed by atoms with van der Waals surface area (Å²) in [7, 11) is -3.69. The lowest BCUT2D eigenvalue weighted by molar-refractivity contribution is -0.116. The van der Waals surface area contributed by atoms with Crippen LogP contribution in [0.4, 0.5) is 15.8 Å². The number of piperazine rings is 1.